The topological polar surface area (TPSA) is 112 Å². The second-order valence-electron chi connectivity index (χ2n) is 8.41. The summed E-state index contributed by atoms with van der Waals surface area (Å²) < 4.78 is 21.3. The number of allylic oxidation sites excluding steroid dienone is 1. The number of hydrogen-bond acceptors (Lipinski definition) is 8. The van der Waals surface area contributed by atoms with Crippen molar-refractivity contribution in [1.29, 1.82) is 0 Å². The van der Waals surface area contributed by atoms with E-state index in [1.807, 2.05) is 24.3 Å². The molecule has 2 fully saturated rings. The molecule has 3 atom stereocenters. The molecule has 2 aromatic carbocycles. The number of likely N-dealkylation sites (tertiary alicyclic amines) is 1. The molecule has 188 valence electrons. The summed E-state index contributed by atoms with van der Waals surface area (Å²) in [5, 5.41) is 0. The quantitative estimate of drug-likeness (QED) is 0.250. The van der Waals surface area contributed by atoms with E-state index in [1.165, 1.54) is 0 Å². The van der Waals surface area contributed by atoms with E-state index < -0.39 is 42.4 Å². The SMILES string of the molecule is COC(=O)C1OC2C(C(=O)N2C(C(=O)OCc2ccccc2)=C(C)C)N1C(=O)OCc1ccccc1. The maximum atomic E-state index is 13.2. The van der Waals surface area contributed by atoms with Crippen LogP contribution in [0.5, 0.6) is 0 Å². The molecule has 10 heteroatoms. The summed E-state index contributed by atoms with van der Waals surface area (Å²) in [6.45, 7) is 3.25. The Morgan fingerprint density at radius 3 is 1.97 bits per heavy atom. The molecule has 3 unspecified atom stereocenters. The zero-order valence-corrected chi connectivity index (χ0v) is 20.1. The van der Waals surface area contributed by atoms with Gasteiger partial charge in [-0.3, -0.25) is 14.6 Å². The molecule has 2 heterocycles. The number of nitrogens with zero attached hydrogens (tertiary/aromatic N) is 2. The van der Waals surface area contributed by atoms with Gasteiger partial charge in [-0.2, -0.15) is 0 Å². The maximum Gasteiger partial charge on any atom is 0.413 e. The summed E-state index contributed by atoms with van der Waals surface area (Å²) in [6, 6.07) is 16.9. The highest BCUT2D eigenvalue weighted by molar-refractivity contribution is 6.02. The van der Waals surface area contributed by atoms with Crippen LogP contribution in [-0.2, 0) is 46.5 Å². The van der Waals surface area contributed by atoms with E-state index in [4.69, 9.17) is 18.9 Å². The Kier molecular flexibility index (Phi) is 7.35. The third-order valence-electron chi connectivity index (χ3n) is 5.78. The molecule has 0 aliphatic carbocycles. The molecular formula is C26H26N2O8. The Balaban J connectivity index is 1.51. The van der Waals surface area contributed by atoms with E-state index in [-0.39, 0.29) is 18.9 Å². The smallest absolute Gasteiger partial charge is 0.413 e. The first-order valence-electron chi connectivity index (χ1n) is 11.3. The van der Waals surface area contributed by atoms with E-state index >= 15 is 0 Å². The van der Waals surface area contributed by atoms with Crippen LogP contribution in [0.15, 0.2) is 71.9 Å². The second kappa shape index (κ2) is 10.6. The first kappa shape index (κ1) is 24.9. The summed E-state index contributed by atoms with van der Waals surface area (Å²) in [7, 11) is 1.14. The third-order valence-corrected chi connectivity index (χ3v) is 5.78. The summed E-state index contributed by atoms with van der Waals surface area (Å²) in [5.74, 6) is -2.20. The summed E-state index contributed by atoms with van der Waals surface area (Å²) in [5.41, 5.74) is 2.00. The van der Waals surface area contributed by atoms with Gasteiger partial charge >= 0.3 is 18.0 Å². The number of rotatable bonds is 7. The number of carbonyl (C=O) groups excluding carboxylic acids is 4. The zero-order chi connectivity index (χ0) is 25.8. The van der Waals surface area contributed by atoms with Crippen molar-refractivity contribution in [1.82, 2.24) is 9.80 Å². The standard InChI is InChI=1S/C26H26N2O8/c1-16(2)19(24(30)34-14-17-10-6-4-7-11-17)27-21(29)20-22(27)36-23(25(31)33-3)28(20)26(32)35-15-18-12-8-5-9-13-18/h4-13,20,22-23H,14-15H2,1-3H3. The van der Waals surface area contributed by atoms with Crippen LogP contribution in [0.2, 0.25) is 0 Å². The molecular weight excluding hydrogens is 468 g/mol. The number of carbonyl (C=O) groups is 4. The highest BCUT2D eigenvalue weighted by Crippen LogP contribution is 2.40. The number of fused-ring (bicyclic) bond motifs is 1. The van der Waals surface area contributed by atoms with Gasteiger partial charge in [0.1, 0.15) is 18.9 Å². The van der Waals surface area contributed by atoms with Gasteiger partial charge in [0.25, 0.3) is 5.91 Å². The van der Waals surface area contributed by atoms with E-state index in [2.05, 4.69) is 0 Å². The highest BCUT2D eigenvalue weighted by atomic mass is 16.6. The Labute approximate surface area is 208 Å². The van der Waals surface area contributed by atoms with Crippen LogP contribution in [0.1, 0.15) is 25.0 Å². The van der Waals surface area contributed by atoms with Gasteiger partial charge in [-0.05, 0) is 30.5 Å². The predicted octanol–water partition coefficient (Wildman–Crippen LogP) is 2.73. The lowest BCUT2D eigenvalue weighted by Gasteiger charge is -2.43. The van der Waals surface area contributed by atoms with E-state index in [9.17, 15) is 19.2 Å². The van der Waals surface area contributed by atoms with Crippen molar-refractivity contribution in [3.63, 3.8) is 0 Å². The van der Waals surface area contributed by atoms with Gasteiger partial charge in [0.05, 0.1) is 7.11 Å². The molecule has 4 rings (SSSR count). The maximum absolute atomic E-state index is 13.2. The zero-order valence-electron chi connectivity index (χ0n) is 20.1. The molecule has 2 aliphatic rings. The van der Waals surface area contributed by atoms with E-state index in [0.717, 1.165) is 28.0 Å². The first-order chi connectivity index (χ1) is 17.3. The van der Waals surface area contributed by atoms with Crippen molar-refractivity contribution in [2.45, 2.75) is 45.6 Å². The number of hydrogen-bond donors (Lipinski definition) is 0. The molecule has 2 aromatic rings. The van der Waals surface area contributed by atoms with Crippen LogP contribution in [0.25, 0.3) is 0 Å². The largest absolute Gasteiger partial charge is 0.466 e. The lowest BCUT2D eigenvalue weighted by molar-refractivity contribution is -0.175. The first-order valence-corrected chi connectivity index (χ1v) is 11.3. The van der Waals surface area contributed by atoms with E-state index in [1.54, 1.807) is 50.2 Å². The van der Waals surface area contributed by atoms with Crippen molar-refractivity contribution in [3.8, 4) is 0 Å². The fourth-order valence-corrected chi connectivity index (χ4v) is 4.03. The molecule has 0 spiro atoms. The molecule has 36 heavy (non-hydrogen) atoms. The Hall–Kier alpha value is -4.18. The monoisotopic (exact) mass is 494 g/mol. The van der Waals surface area contributed by atoms with Gasteiger partial charge in [0.2, 0.25) is 6.23 Å². The Morgan fingerprint density at radius 1 is 0.889 bits per heavy atom. The number of β-lactam (4-membered cyclic amide) rings is 1. The van der Waals surface area contributed by atoms with Crippen LogP contribution in [0, 0.1) is 0 Å². The normalized spacial score (nSPS) is 20.2. The van der Waals surface area contributed by atoms with Crippen LogP contribution < -0.4 is 0 Å². The molecule has 0 N–H and O–H groups in total. The van der Waals surface area contributed by atoms with E-state index in [0.29, 0.717) is 5.57 Å². The molecule has 2 saturated heterocycles. The van der Waals surface area contributed by atoms with Crippen LogP contribution in [0.3, 0.4) is 0 Å². The lowest BCUT2D eigenvalue weighted by Crippen LogP contribution is -2.67. The molecule has 2 aliphatic heterocycles. The van der Waals surface area contributed by atoms with Crippen molar-refractivity contribution in [3.05, 3.63) is 83.1 Å². The van der Waals surface area contributed by atoms with Crippen molar-refractivity contribution in [2.75, 3.05) is 7.11 Å². The van der Waals surface area contributed by atoms with Crippen molar-refractivity contribution >= 4 is 23.9 Å². The minimum absolute atomic E-state index is 0.0101. The van der Waals surface area contributed by atoms with Gasteiger partial charge < -0.3 is 18.9 Å². The van der Waals surface area contributed by atoms with Crippen molar-refractivity contribution < 1.29 is 38.1 Å². The average molecular weight is 495 g/mol. The second-order valence-corrected chi connectivity index (χ2v) is 8.41. The molecule has 10 nitrogen and oxygen atoms in total. The van der Waals surface area contributed by atoms with Crippen LogP contribution in [0.4, 0.5) is 4.79 Å². The molecule has 0 aromatic heterocycles. The Morgan fingerprint density at radius 2 is 1.44 bits per heavy atom. The number of amides is 2. The minimum atomic E-state index is -1.51. The lowest BCUT2D eigenvalue weighted by atomic mass is 10.0. The van der Waals surface area contributed by atoms with Gasteiger partial charge in [0.15, 0.2) is 12.3 Å². The summed E-state index contributed by atoms with van der Waals surface area (Å²) >= 11 is 0. The molecule has 0 saturated carbocycles. The summed E-state index contributed by atoms with van der Waals surface area (Å²) in [6.07, 6.45) is -3.51. The van der Waals surface area contributed by atoms with Crippen LogP contribution in [-0.4, -0.2) is 59.3 Å². The predicted molar refractivity (Wildman–Crippen MR) is 124 cm³/mol. The number of esters is 2. The highest BCUT2D eigenvalue weighted by Gasteiger charge is 2.65. The molecule has 0 radical (unpaired) electrons. The number of methoxy groups -OCH3 is 1. The molecule has 0 bridgehead atoms. The summed E-state index contributed by atoms with van der Waals surface area (Å²) in [4.78, 5) is 53.5. The van der Waals surface area contributed by atoms with Crippen LogP contribution >= 0.6 is 0 Å². The van der Waals surface area contributed by atoms with Gasteiger partial charge in [-0.25, -0.2) is 14.4 Å². The van der Waals surface area contributed by atoms with Gasteiger partial charge in [0, 0.05) is 0 Å². The number of ether oxygens (including phenoxy) is 4. The fourth-order valence-electron chi connectivity index (χ4n) is 4.03. The minimum Gasteiger partial charge on any atom is -0.466 e. The van der Waals surface area contributed by atoms with Gasteiger partial charge in [-0.1, -0.05) is 60.7 Å². The van der Waals surface area contributed by atoms with Gasteiger partial charge in [-0.15, -0.1) is 0 Å². The average Bonchev–Trinajstić information content (AvgIpc) is 3.25. The molecule has 2 amide bonds. The fraction of sp³-hybridized carbons (Fsp3) is 0.308. The third kappa shape index (κ3) is 4.80. The Bertz CT molecular complexity index is 1180. The van der Waals surface area contributed by atoms with Crippen molar-refractivity contribution in [2.24, 2.45) is 0 Å². The number of benzene rings is 2.